The van der Waals surface area contributed by atoms with Crippen LogP contribution < -0.4 is 11.1 Å². The van der Waals surface area contributed by atoms with Crippen LogP contribution in [-0.4, -0.2) is 24.8 Å². The molecule has 0 aliphatic rings. The van der Waals surface area contributed by atoms with Gasteiger partial charge in [-0.2, -0.15) is 0 Å². The van der Waals surface area contributed by atoms with E-state index in [1.165, 1.54) is 0 Å². The zero-order chi connectivity index (χ0) is 12.7. The Balaban J connectivity index is 2.26. The van der Waals surface area contributed by atoms with E-state index in [2.05, 4.69) is 5.32 Å². The maximum absolute atomic E-state index is 11.2. The van der Waals surface area contributed by atoms with E-state index < -0.39 is 6.09 Å². The van der Waals surface area contributed by atoms with Gasteiger partial charge in [0, 0.05) is 12.1 Å². The van der Waals surface area contributed by atoms with Gasteiger partial charge in [-0.1, -0.05) is 30.3 Å². The first-order chi connectivity index (χ1) is 8.08. The molecule has 0 aliphatic heterocycles. The molecule has 1 rings (SSSR count). The van der Waals surface area contributed by atoms with Crippen molar-refractivity contribution >= 4 is 6.09 Å². The van der Waals surface area contributed by atoms with Crippen molar-refractivity contribution in [3.63, 3.8) is 0 Å². The van der Waals surface area contributed by atoms with Crippen molar-refractivity contribution in [2.24, 2.45) is 5.73 Å². The molecule has 0 aliphatic carbocycles. The fourth-order valence-electron chi connectivity index (χ4n) is 1.44. The molecular formula is C13H20N2O2. The maximum atomic E-state index is 11.2. The van der Waals surface area contributed by atoms with E-state index in [-0.39, 0.29) is 18.7 Å². The first kappa shape index (κ1) is 13.5. The molecule has 0 aromatic heterocycles. The minimum atomic E-state index is -0.413. The van der Waals surface area contributed by atoms with Gasteiger partial charge in [-0.15, -0.1) is 0 Å². The minimum Gasteiger partial charge on any atom is -0.448 e. The molecule has 0 spiro atoms. The fraction of sp³-hybridized carbons (Fsp3) is 0.462. The highest BCUT2D eigenvalue weighted by atomic mass is 16.5. The summed E-state index contributed by atoms with van der Waals surface area (Å²) in [5.41, 5.74) is 7.03. The molecule has 1 amide bonds. The number of alkyl carbamates (subject to hydrolysis) is 1. The van der Waals surface area contributed by atoms with E-state index in [4.69, 9.17) is 10.5 Å². The quantitative estimate of drug-likeness (QED) is 0.817. The predicted octanol–water partition coefficient (Wildman–Crippen LogP) is 1.69. The molecule has 1 unspecified atom stereocenters. The number of rotatable bonds is 5. The molecule has 3 N–H and O–H groups in total. The minimum absolute atomic E-state index is 0.0767. The normalized spacial score (nSPS) is 12.2. The lowest BCUT2D eigenvalue weighted by atomic mass is 10.1. The molecule has 1 aromatic rings. The van der Waals surface area contributed by atoms with E-state index in [1.807, 2.05) is 44.2 Å². The third-order valence-corrected chi connectivity index (χ3v) is 2.18. The van der Waals surface area contributed by atoms with Gasteiger partial charge in [-0.25, -0.2) is 4.79 Å². The highest BCUT2D eigenvalue weighted by Gasteiger charge is 2.08. The predicted molar refractivity (Wildman–Crippen MR) is 67.7 cm³/mol. The maximum Gasteiger partial charge on any atom is 0.407 e. The lowest BCUT2D eigenvalue weighted by Gasteiger charge is -2.14. The van der Waals surface area contributed by atoms with Gasteiger partial charge in [0.25, 0.3) is 0 Å². The van der Waals surface area contributed by atoms with E-state index in [9.17, 15) is 4.79 Å². The number of hydrogen-bond acceptors (Lipinski definition) is 3. The summed E-state index contributed by atoms with van der Waals surface area (Å²) in [5.74, 6) is 0. The third kappa shape index (κ3) is 5.92. The second kappa shape index (κ2) is 6.91. The molecule has 4 nitrogen and oxygen atoms in total. The molecule has 0 fully saturated rings. The van der Waals surface area contributed by atoms with Crippen molar-refractivity contribution in [1.29, 1.82) is 0 Å². The Morgan fingerprint density at radius 3 is 2.59 bits per heavy atom. The molecule has 0 saturated carbocycles. The van der Waals surface area contributed by atoms with Crippen LogP contribution in [0.1, 0.15) is 19.4 Å². The number of carbonyl (C=O) groups is 1. The number of carbonyl (C=O) groups excluding carboxylic acids is 1. The molecule has 94 valence electrons. The van der Waals surface area contributed by atoms with E-state index >= 15 is 0 Å². The highest BCUT2D eigenvalue weighted by Crippen LogP contribution is 2.02. The van der Waals surface area contributed by atoms with Crippen LogP contribution in [0, 0.1) is 0 Å². The fourth-order valence-corrected chi connectivity index (χ4v) is 1.44. The van der Waals surface area contributed by atoms with Crippen LogP contribution in [0.4, 0.5) is 4.79 Å². The molecule has 1 atom stereocenters. The number of nitrogens with one attached hydrogen (secondary N) is 1. The Morgan fingerprint density at radius 2 is 2.00 bits per heavy atom. The van der Waals surface area contributed by atoms with Crippen LogP contribution in [0.3, 0.4) is 0 Å². The number of nitrogens with two attached hydrogens (primary N) is 1. The topological polar surface area (TPSA) is 64.3 Å². The van der Waals surface area contributed by atoms with Gasteiger partial charge in [0.15, 0.2) is 0 Å². The molecule has 0 heterocycles. The standard InChI is InChI=1S/C13H20N2O2/c1-10(2)15-13(16)17-9-12(14)8-11-6-4-3-5-7-11/h3-7,10,12H,8-9,14H2,1-2H3,(H,15,16). The van der Waals surface area contributed by atoms with Crippen molar-refractivity contribution < 1.29 is 9.53 Å². The van der Waals surface area contributed by atoms with Gasteiger partial charge in [0.2, 0.25) is 0 Å². The monoisotopic (exact) mass is 236 g/mol. The number of amides is 1. The van der Waals surface area contributed by atoms with Crippen molar-refractivity contribution in [3.05, 3.63) is 35.9 Å². The first-order valence-electron chi connectivity index (χ1n) is 5.80. The van der Waals surface area contributed by atoms with Gasteiger partial charge >= 0.3 is 6.09 Å². The van der Waals surface area contributed by atoms with Crippen LogP contribution in [0.5, 0.6) is 0 Å². The lowest BCUT2D eigenvalue weighted by molar-refractivity contribution is 0.136. The number of hydrogen-bond donors (Lipinski definition) is 2. The van der Waals surface area contributed by atoms with Crippen molar-refractivity contribution in [1.82, 2.24) is 5.32 Å². The van der Waals surface area contributed by atoms with Crippen LogP contribution in [0.2, 0.25) is 0 Å². The molecule has 1 aromatic carbocycles. The summed E-state index contributed by atoms with van der Waals surface area (Å²) >= 11 is 0. The lowest BCUT2D eigenvalue weighted by Crippen LogP contribution is -2.36. The van der Waals surface area contributed by atoms with Crippen molar-refractivity contribution in [2.45, 2.75) is 32.4 Å². The zero-order valence-electron chi connectivity index (χ0n) is 10.3. The Kier molecular flexibility index (Phi) is 5.49. The second-order valence-electron chi connectivity index (χ2n) is 4.35. The molecule has 4 heteroatoms. The molecule has 0 saturated heterocycles. The Bertz CT molecular complexity index is 339. The summed E-state index contributed by atoms with van der Waals surface area (Å²) in [7, 11) is 0. The van der Waals surface area contributed by atoms with Crippen LogP contribution in [-0.2, 0) is 11.2 Å². The van der Waals surface area contributed by atoms with Gasteiger partial charge in [-0.3, -0.25) is 0 Å². The molecule has 0 radical (unpaired) electrons. The van der Waals surface area contributed by atoms with Gasteiger partial charge < -0.3 is 15.8 Å². The number of benzene rings is 1. The smallest absolute Gasteiger partial charge is 0.407 e. The summed E-state index contributed by atoms with van der Waals surface area (Å²) < 4.78 is 5.01. The highest BCUT2D eigenvalue weighted by molar-refractivity contribution is 5.67. The van der Waals surface area contributed by atoms with Crippen molar-refractivity contribution in [3.8, 4) is 0 Å². The molecule has 0 bridgehead atoms. The van der Waals surface area contributed by atoms with Gasteiger partial charge in [0.05, 0.1) is 0 Å². The van der Waals surface area contributed by atoms with Gasteiger partial charge in [-0.05, 0) is 25.8 Å². The second-order valence-corrected chi connectivity index (χ2v) is 4.35. The molecular weight excluding hydrogens is 216 g/mol. The number of ether oxygens (including phenoxy) is 1. The summed E-state index contributed by atoms with van der Waals surface area (Å²) in [6.45, 7) is 3.99. The van der Waals surface area contributed by atoms with Gasteiger partial charge in [0.1, 0.15) is 6.61 Å². The largest absolute Gasteiger partial charge is 0.448 e. The summed E-state index contributed by atoms with van der Waals surface area (Å²) in [6, 6.07) is 9.81. The van der Waals surface area contributed by atoms with E-state index in [0.717, 1.165) is 5.56 Å². The first-order valence-corrected chi connectivity index (χ1v) is 5.80. The summed E-state index contributed by atoms with van der Waals surface area (Å²) in [4.78, 5) is 11.2. The van der Waals surface area contributed by atoms with E-state index in [0.29, 0.717) is 6.42 Å². The van der Waals surface area contributed by atoms with Crippen LogP contribution in [0.15, 0.2) is 30.3 Å². The Hall–Kier alpha value is -1.55. The van der Waals surface area contributed by atoms with E-state index in [1.54, 1.807) is 0 Å². The van der Waals surface area contributed by atoms with Crippen molar-refractivity contribution in [2.75, 3.05) is 6.61 Å². The zero-order valence-corrected chi connectivity index (χ0v) is 10.3. The SMILES string of the molecule is CC(C)NC(=O)OCC(N)Cc1ccccc1. The molecule has 17 heavy (non-hydrogen) atoms. The average Bonchev–Trinajstić information content (AvgIpc) is 2.27. The van der Waals surface area contributed by atoms with Crippen LogP contribution >= 0.6 is 0 Å². The Morgan fingerprint density at radius 1 is 1.35 bits per heavy atom. The third-order valence-electron chi connectivity index (χ3n) is 2.18. The Labute approximate surface area is 102 Å². The summed E-state index contributed by atoms with van der Waals surface area (Å²) in [6.07, 6.45) is 0.291. The average molecular weight is 236 g/mol. The summed E-state index contributed by atoms with van der Waals surface area (Å²) in [5, 5.41) is 2.65. The van der Waals surface area contributed by atoms with Crippen LogP contribution in [0.25, 0.3) is 0 Å².